The third kappa shape index (κ3) is 7.55. The van der Waals surface area contributed by atoms with Gasteiger partial charge >= 0.3 is 0 Å². The van der Waals surface area contributed by atoms with Crippen LogP contribution in [0, 0.1) is 0 Å². The van der Waals surface area contributed by atoms with E-state index in [1.807, 2.05) is 0 Å². The van der Waals surface area contributed by atoms with Crippen LogP contribution in [-0.2, 0) is 37.8 Å². The van der Waals surface area contributed by atoms with Crippen LogP contribution >= 0.6 is 34.8 Å². The van der Waals surface area contributed by atoms with Crippen molar-refractivity contribution < 1.29 is 21.6 Å². The van der Waals surface area contributed by atoms with Gasteiger partial charge < -0.3 is 5.32 Å². The molecule has 3 aromatic carbocycles. The molecule has 0 radical (unpaired) electrons. The number of carbonyl (C=O) groups excluding carboxylic acids is 1. The van der Waals surface area contributed by atoms with E-state index in [1.165, 1.54) is 34.6 Å². The third-order valence-corrected chi connectivity index (χ3v) is 11.1. The summed E-state index contributed by atoms with van der Waals surface area (Å²) >= 11 is 18.2. The predicted molar refractivity (Wildman–Crippen MR) is 157 cm³/mol. The van der Waals surface area contributed by atoms with E-state index < -0.39 is 32.5 Å². The molecular weight excluding hydrogens is 617 g/mol. The van der Waals surface area contributed by atoms with Crippen LogP contribution in [0.1, 0.15) is 24.0 Å². The van der Waals surface area contributed by atoms with Crippen LogP contribution < -0.4 is 5.32 Å². The first-order valence-corrected chi connectivity index (χ1v) is 16.5. The number of amides is 1. The van der Waals surface area contributed by atoms with Crippen LogP contribution in [0.5, 0.6) is 0 Å². The second-order valence-electron chi connectivity index (χ2n) is 9.32. The molecule has 1 N–H and O–H groups in total. The Kier molecular flexibility index (Phi) is 10.2. The zero-order valence-electron chi connectivity index (χ0n) is 21.4. The fraction of sp³-hybridized carbons (Fsp3) is 0.296. The SMILES string of the molecule is O=C(CN(Cc1ccc(Cl)cc1Cl)S(=O)(=O)c1ccc(Cl)cc1)NCCc1ccc(S(=O)(=O)N2CCCC2)cc1. The molecule has 13 heteroatoms. The molecule has 0 spiro atoms. The van der Waals surface area contributed by atoms with E-state index >= 15 is 0 Å². The largest absolute Gasteiger partial charge is 0.355 e. The highest BCUT2D eigenvalue weighted by atomic mass is 35.5. The molecule has 1 heterocycles. The van der Waals surface area contributed by atoms with Crippen molar-refractivity contribution >= 4 is 60.8 Å². The van der Waals surface area contributed by atoms with Gasteiger partial charge in [-0.2, -0.15) is 8.61 Å². The van der Waals surface area contributed by atoms with Gasteiger partial charge in [-0.25, -0.2) is 16.8 Å². The molecule has 0 bridgehead atoms. The summed E-state index contributed by atoms with van der Waals surface area (Å²) < 4.78 is 54.9. The summed E-state index contributed by atoms with van der Waals surface area (Å²) in [4.78, 5) is 13.1. The minimum Gasteiger partial charge on any atom is -0.355 e. The minimum atomic E-state index is -4.08. The zero-order valence-corrected chi connectivity index (χ0v) is 25.3. The van der Waals surface area contributed by atoms with Gasteiger partial charge in [-0.3, -0.25) is 4.79 Å². The van der Waals surface area contributed by atoms with E-state index in [4.69, 9.17) is 34.8 Å². The fourth-order valence-electron chi connectivity index (χ4n) is 4.29. The lowest BCUT2D eigenvalue weighted by molar-refractivity contribution is -0.121. The normalized spacial score (nSPS) is 14.5. The van der Waals surface area contributed by atoms with Gasteiger partial charge in [0.15, 0.2) is 0 Å². The molecule has 0 aliphatic carbocycles. The van der Waals surface area contributed by atoms with Crippen LogP contribution in [0.25, 0.3) is 0 Å². The molecule has 0 saturated carbocycles. The van der Waals surface area contributed by atoms with Crippen molar-refractivity contribution in [3.05, 3.63) is 92.9 Å². The highest BCUT2D eigenvalue weighted by Gasteiger charge is 2.28. The Morgan fingerprint density at radius 3 is 2.05 bits per heavy atom. The standard InChI is InChI=1S/C27H28Cl3N3O5S2/c28-22-7-11-25(12-8-22)40(37,38)33(18-21-5-6-23(29)17-26(21)30)19-27(34)31-14-13-20-3-9-24(10-4-20)39(35,36)32-15-1-2-16-32/h3-12,17H,1-2,13-16,18-19H2,(H,31,34). The molecule has 214 valence electrons. The molecule has 1 aliphatic heterocycles. The number of carbonyl (C=O) groups is 1. The van der Waals surface area contributed by atoms with Crippen LogP contribution in [0.3, 0.4) is 0 Å². The first-order chi connectivity index (χ1) is 19.0. The van der Waals surface area contributed by atoms with E-state index in [-0.39, 0.29) is 27.9 Å². The van der Waals surface area contributed by atoms with Gasteiger partial charge in [-0.1, -0.05) is 53.0 Å². The maximum atomic E-state index is 13.4. The second-order valence-corrected chi connectivity index (χ2v) is 14.5. The number of nitrogens with one attached hydrogen (secondary N) is 1. The van der Waals surface area contributed by atoms with Gasteiger partial charge in [0.2, 0.25) is 26.0 Å². The Labute approximate surface area is 249 Å². The molecule has 1 fully saturated rings. The van der Waals surface area contributed by atoms with Gasteiger partial charge in [0.05, 0.1) is 16.3 Å². The molecule has 0 unspecified atom stereocenters. The highest BCUT2D eigenvalue weighted by molar-refractivity contribution is 7.89. The van der Waals surface area contributed by atoms with Gasteiger partial charge in [0, 0.05) is 41.2 Å². The van der Waals surface area contributed by atoms with Gasteiger partial charge in [-0.15, -0.1) is 0 Å². The summed E-state index contributed by atoms with van der Waals surface area (Å²) in [6.45, 7) is 0.696. The van der Waals surface area contributed by atoms with Crippen molar-refractivity contribution in [1.82, 2.24) is 13.9 Å². The van der Waals surface area contributed by atoms with Crippen LogP contribution in [0.4, 0.5) is 0 Å². The van der Waals surface area contributed by atoms with E-state index in [9.17, 15) is 21.6 Å². The van der Waals surface area contributed by atoms with Crippen LogP contribution in [0.2, 0.25) is 15.1 Å². The van der Waals surface area contributed by atoms with Crippen molar-refractivity contribution in [3.63, 3.8) is 0 Å². The Balaban J connectivity index is 1.41. The van der Waals surface area contributed by atoms with E-state index in [1.54, 1.807) is 36.4 Å². The Hall–Kier alpha value is -2.18. The van der Waals surface area contributed by atoms with Crippen molar-refractivity contribution in [2.45, 2.75) is 35.6 Å². The smallest absolute Gasteiger partial charge is 0.243 e. The first kappa shape index (κ1) is 30.8. The minimum absolute atomic E-state index is 0.0150. The molecule has 4 rings (SSSR count). The highest BCUT2D eigenvalue weighted by Crippen LogP contribution is 2.26. The third-order valence-electron chi connectivity index (χ3n) is 6.50. The van der Waals surface area contributed by atoms with E-state index in [0.29, 0.717) is 35.1 Å². The zero-order chi connectivity index (χ0) is 28.9. The average Bonchev–Trinajstić information content (AvgIpc) is 3.46. The number of sulfonamides is 2. The Morgan fingerprint density at radius 2 is 1.43 bits per heavy atom. The number of hydrogen-bond acceptors (Lipinski definition) is 5. The Bertz CT molecular complexity index is 1560. The molecule has 40 heavy (non-hydrogen) atoms. The topological polar surface area (TPSA) is 104 Å². The van der Waals surface area contributed by atoms with Crippen molar-refractivity contribution in [2.24, 2.45) is 0 Å². The quantitative estimate of drug-likeness (QED) is 0.317. The average molecular weight is 645 g/mol. The first-order valence-electron chi connectivity index (χ1n) is 12.5. The molecule has 1 aliphatic rings. The second kappa shape index (κ2) is 13.2. The van der Waals surface area contributed by atoms with Gasteiger partial charge in [-0.05, 0) is 78.9 Å². The molecule has 1 saturated heterocycles. The number of rotatable bonds is 11. The fourth-order valence-corrected chi connectivity index (χ4v) is 7.78. The summed E-state index contributed by atoms with van der Waals surface area (Å²) in [6.07, 6.45) is 2.16. The molecule has 0 aromatic heterocycles. The molecule has 0 atom stereocenters. The lowest BCUT2D eigenvalue weighted by atomic mass is 10.1. The van der Waals surface area contributed by atoms with E-state index in [2.05, 4.69) is 5.32 Å². The molecule has 3 aromatic rings. The van der Waals surface area contributed by atoms with E-state index in [0.717, 1.165) is 22.7 Å². The summed E-state index contributed by atoms with van der Waals surface area (Å²) in [6, 6.07) is 17.0. The van der Waals surface area contributed by atoms with Crippen LogP contribution in [0.15, 0.2) is 76.5 Å². The molecule has 8 nitrogen and oxygen atoms in total. The van der Waals surface area contributed by atoms with Crippen molar-refractivity contribution in [3.8, 4) is 0 Å². The summed E-state index contributed by atoms with van der Waals surface area (Å²) in [5.74, 6) is -0.504. The molecular formula is C27H28Cl3N3O5S2. The maximum absolute atomic E-state index is 13.4. The monoisotopic (exact) mass is 643 g/mol. The number of benzene rings is 3. The lowest BCUT2D eigenvalue weighted by Crippen LogP contribution is -2.40. The lowest BCUT2D eigenvalue weighted by Gasteiger charge is -2.22. The number of nitrogens with zero attached hydrogens (tertiary/aromatic N) is 2. The Morgan fingerprint density at radius 1 is 0.825 bits per heavy atom. The summed E-state index contributed by atoms with van der Waals surface area (Å²) in [5.41, 5.74) is 1.32. The maximum Gasteiger partial charge on any atom is 0.243 e. The van der Waals surface area contributed by atoms with Crippen LogP contribution in [-0.4, -0.2) is 57.5 Å². The van der Waals surface area contributed by atoms with Crippen molar-refractivity contribution in [1.29, 1.82) is 0 Å². The summed E-state index contributed by atoms with van der Waals surface area (Å²) in [7, 11) is -7.58. The van der Waals surface area contributed by atoms with Crippen molar-refractivity contribution in [2.75, 3.05) is 26.2 Å². The molecule has 1 amide bonds. The van der Waals surface area contributed by atoms with Gasteiger partial charge in [0.1, 0.15) is 0 Å². The van der Waals surface area contributed by atoms with Gasteiger partial charge in [0.25, 0.3) is 0 Å². The summed E-state index contributed by atoms with van der Waals surface area (Å²) in [5, 5.41) is 3.81. The predicted octanol–water partition coefficient (Wildman–Crippen LogP) is 4.98. The number of halogens is 3. The number of hydrogen-bond donors (Lipinski definition) is 1.